The average Bonchev–Trinajstić information content (AvgIpc) is 2.30. The number of hydrogen-bond donors (Lipinski definition) is 1. The first kappa shape index (κ1) is 7.35. The molecule has 0 heterocycles. The molecule has 0 aliphatic heterocycles. The largest absolute Gasteiger partial charge is 0.324 e. The maximum Gasteiger partial charge on any atom is 0.0282 e. The van der Waals surface area contributed by atoms with Gasteiger partial charge in [-0.05, 0) is 31.1 Å². The van der Waals surface area contributed by atoms with E-state index < -0.39 is 0 Å². The fraction of sp³-hybridized carbons (Fsp3) is 0.800. The quantitative estimate of drug-likeness (QED) is 0.527. The van der Waals surface area contributed by atoms with E-state index in [1.807, 2.05) is 0 Å². The third-order valence-corrected chi connectivity index (χ3v) is 3.42. The first-order chi connectivity index (χ1) is 5.29. The monoisotopic (exact) mass is 151 g/mol. The topological polar surface area (TPSA) is 26.0 Å². The fourth-order valence-electron chi connectivity index (χ4n) is 2.74. The summed E-state index contributed by atoms with van der Waals surface area (Å²) in [6, 6.07) is 0.334. The van der Waals surface area contributed by atoms with E-state index in [-0.39, 0.29) is 0 Å². The Bertz CT molecular complexity index is 174. The van der Waals surface area contributed by atoms with Crippen LogP contribution in [-0.2, 0) is 0 Å². The van der Waals surface area contributed by atoms with Crippen LogP contribution in [0, 0.1) is 11.8 Å². The molecular formula is C10H17N. The smallest absolute Gasteiger partial charge is 0.0282 e. The van der Waals surface area contributed by atoms with Gasteiger partial charge in [-0.3, -0.25) is 0 Å². The maximum absolute atomic E-state index is 6.03. The SMILES string of the molecule is C=C1CC2CCCCC2C1N. The van der Waals surface area contributed by atoms with E-state index in [1.54, 1.807) is 0 Å². The molecule has 0 bridgehead atoms. The van der Waals surface area contributed by atoms with E-state index in [9.17, 15) is 0 Å². The highest BCUT2D eigenvalue weighted by atomic mass is 14.7. The Morgan fingerprint density at radius 2 is 2.00 bits per heavy atom. The van der Waals surface area contributed by atoms with Crippen LogP contribution in [-0.4, -0.2) is 6.04 Å². The Morgan fingerprint density at radius 3 is 2.73 bits per heavy atom. The normalized spacial score (nSPS) is 44.1. The highest BCUT2D eigenvalue weighted by Gasteiger charge is 2.37. The summed E-state index contributed by atoms with van der Waals surface area (Å²) in [4.78, 5) is 0. The Hall–Kier alpha value is -0.300. The molecule has 3 atom stereocenters. The second-order valence-corrected chi connectivity index (χ2v) is 4.10. The van der Waals surface area contributed by atoms with Gasteiger partial charge in [-0.2, -0.15) is 0 Å². The predicted octanol–water partition coefficient (Wildman–Crippen LogP) is 2.08. The first-order valence-electron chi connectivity index (χ1n) is 4.72. The van der Waals surface area contributed by atoms with E-state index in [0.717, 1.165) is 11.8 Å². The van der Waals surface area contributed by atoms with Crippen molar-refractivity contribution in [3.05, 3.63) is 12.2 Å². The lowest BCUT2D eigenvalue weighted by Gasteiger charge is -2.26. The van der Waals surface area contributed by atoms with Crippen LogP contribution in [0.1, 0.15) is 32.1 Å². The van der Waals surface area contributed by atoms with Gasteiger partial charge in [-0.25, -0.2) is 0 Å². The van der Waals surface area contributed by atoms with Gasteiger partial charge in [0.25, 0.3) is 0 Å². The summed E-state index contributed by atoms with van der Waals surface area (Å²) in [7, 11) is 0. The third kappa shape index (κ3) is 1.12. The zero-order valence-corrected chi connectivity index (χ0v) is 7.05. The molecular weight excluding hydrogens is 134 g/mol. The molecule has 2 N–H and O–H groups in total. The zero-order valence-electron chi connectivity index (χ0n) is 7.05. The van der Waals surface area contributed by atoms with Crippen LogP contribution in [0.25, 0.3) is 0 Å². The van der Waals surface area contributed by atoms with Crippen LogP contribution in [0.5, 0.6) is 0 Å². The Kier molecular flexibility index (Phi) is 1.76. The van der Waals surface area contributed by atoms with Crippen LogP contribution in [0.2, 0.25) is 0 Å². The third-order valence-electron chi connectivity index (χ3n) is 3.42. The molecule has 3 unspecified atom stereocenters. The number of rotatable bonds is 0. The van der Waals surface area contributed by atoms with E-state index in [2.05, 4.69) is 6.58 Å². The van der Waals surface area contributed by atoms with E-state index >= 15 is 0 Å². The van der Waals surface area contributed by atoms with Gasteiger partial charge in [0.15, 0.2) is 0 Å². The number of fused-ring (bicyclic) bond motifs is 1. The molecule has 0 amide bonds. The van der Waals surface area contributed by atoms with Crippen molar-refractivity contribution in [2.75, 3.05) is 0 Å². The molecule has 2 aliphatic carbocycles. The lowest BCUT2D eigenvalue weighted by atomic mass is 9.80. The summed E-state index contributed by atoms with van der Waals surface area (Å²) < 4.78 is 0. The minimum absolute atomic E-state index is 0.334. The fourth-order valence-corrected chi connectivity index (χ4v) is 2.74. The predicted molar refractivity (Wildman–Crippen MR) is 47.2 cm³/mol. The molecule has 11 heavy (non-hydrogen) atoms. The molecule has 2 fully saturated rings. The molecule has 2 rings (SSSR count). The maximum atomic E-state index is 6.03. The van der Waals surface area contributed by atoms with Gasteiger partial charge in [0.1, 0.15) is 0 Å². The molecule has 2 aliphatic rings. The number of hydrogen-bond acceptors (Lipinski definition) is 1. The average molecular weight is 151 g/mol. The van der Waals surface area contributed by atoms with Crippen molar-refractivity contribution < 1.29 is 0 Å². The molecule has 0 radical (unpaired) electrons. The van der Waals surface area contributed by atoms with E-state index in [4.69, 9.17) is 5.73 Å². The van der Waals surface area contributed by atoms with Crippen molar-refractivity contribution in [2.45, 2.75) is 38.1 Å². The van der Waals surface area contributed by atoms with Gasteiger partial charge >= 0.3 is 0 Å². The lowest BCUT2D eigenvalue weighted by molar-refractivity contribution is 0.261. The molecule has 0 aromatic carbocycles. The minimum Gasteiger partial charge on any atom is -0.324 e. The van der Waals surface area contributed by atoms with Crippen molar-refractivity contribution in [1.29, 1.82) is 0 Å². The molecule has 0 aromatic rings. The molecule has 1 nitrogen and oxygen atoms in total. The first-order valence-corrected chi connectivity index (χ1v) is 4.72. The zero-order chi connectivity index (χ0) is 7.84. The summed E-state index contributed by atoms with van der Waals surface area (Å²) in [5, 5.41) is 0. The van der Waals surface area contributed by atoms with Crippen LogP contribution in [0.15, 0.2) is 12.2 Å². The van der Waals surface area contributed by atoms with Crippen LogP contribution in [0.3, 0.4) is 0 Å². The van der Waals surface area contributed by atoms with Crippen molar-refractivity contribution in [1.82, 2.24) is 0 Å². The lowest BCUT2D eigenvalue weighted by Crippen LogP contribution is -2.30. The molecule has 2 saturated carbocycles. The highest BCUT2D eigenvalue weighted by molar-refractivity contribution is 5.15. The standard InChI is InChI=1S/C10H17N/c1-7-6-8-4-2-3-5-9(8)10(7)11/h8-10H,1-6,11H2. The second kappa shape index (κ2) is 2.63. The Balaban J connectivity index is 2.11. The number of nitrogens with two attached hydrogens (primary N) is 1. The summed E-state index contributed by atoms with van der Waals surface area (Å²) in [5.74, 6) is 1.68. The van der Waals surface area contributed by atoms with Crippen LogP contribution >= 0.6 is 0 Å². The molecule has 0 spiro atoms. The van der Waals surface area contributed by atoms with Crippen molar-refractivity contribution in [2.24, 2.45) is 17.6 Å². The summed E-state index contributed by atoms with van der Waals surface area (Å²) in [6.07, 6.45) is 6.78. The van der Waals surface area contributed by atoms with E-state index in [1.165, 1.54) is 37.7 Å². The molecule has 0 aromatic heterocycles. The van der Waals surface area contributed by atoms with Gasteiger partial charge in [-0.1, -0.05) is 25.0 Å². The van der Waals surface area contributed by atoms with E-state index in [0.29, 0.717) is 6.04 Å². The van der Waals surface area contributed by atoms with Gasteiger partial charge in [0.05, 0.1) is 0 Å². The minimum atomic E-state index is 0.334. The van der Waals surface area contributed by atoms with Crippen LogP contribution in [0.4, 0.5) is 0 Å². The van der Waals surface area contributed by atoms with Crippen molar-refractivity contribution in [3.63, 3.8) is 0 Å². The molecule has 1 heteroatoms. The van der Waals surface area contributed by atoms with Crippen LogP contribution < -0.4 is 5.73 Å². The van der Waals surface area contributed by atoms with Gasteiger partial charge in [0, 0.05) is 6.04 Å². The Labute approximate surface area is 68.7 Å². The molecule has 0 saturated heterocycles. The second-order valence-electron chi connectivity index (χ2n) is 4.10. The summed E-state index contributed by atoms with van der Waals surface area (Å²) >= 11 is 0. The van der Waals surface area contributed by atoms with Gasteiger partial charge in [0.2, 0.25) is 0 Å². The molecule has 62 valence electrons. The summed E-state index contributed by atoms with van der Waals surface area (Å²) in [6.45, 7) is 4.03. The summed E-state index contributed by atoms with van der Waals surface area (Å²) in [5.41, 5.74) is 7.34. The van der Waals surface area contributed by atoms with Crippen molar-refractivity contribution >= 4 is 0 Å². The van der Waals surface area contributed by atoms with Crippen molar-refractivity contribution in [3.8, 4) is 0 Å². The Morgan fingerprint density at radius 1 is 1.27 bits per heavy atom. The highest BCUT2D eigenvalue weighted by Crippen LogP contribution is 2.43. The van der Waals surface area contributed by atoms with Gasteiger partial charge in [-0.15, -0.1) is 0 Å². The van der Waals surface area contributed by atoms with Gasteiger partial charge < -0.3 is 5.73 Å².